The quantitative estimate of drug-likeness (QED) is 0.538. The molecule has 0 aliphatic heterocycles. The Labute approximate surface area is 155 Å². The molecule has 6 nitrogen and oxygen atoms in total. The van der Waals surface area contributed by atoms with Crippen LogP contribution in [0.15, 0.2) is 41.5 Å². The van der Waals surface area contributed by atoms with E-state index in [1.807, 2.05) is 0 Å². The van der Waals surface area contributed by atoms with Crippen molar-refractivity contribution in [1.29, 1.82) is 0 Å². The van der Waals surface area contributed by atoms with E-state index < -0.39 is 12.6 Å². The molecule has 132 valence electrons. The van der Waals surface area contributed by atoms with Gasteiger partial charge >= 0.3 is 5.97 Å². The molecule has 0 atom stereocenters. The number of ether oxygens (including phenoxy) is 2. The second kappa shape index (κ2) is 9.15. The average molecular weight is 383 g/mol. The van der Waals surface area contributed by atoms with Gasteiger partial charge in [0, 0.05) is 15.6 Å². The van der Waals surface area contributed by atoms with E-state index in [0.29, 0.717) is 28.1 Å². The Morgan fingerprint density at radius 3 is 2.60 bits per heavy atom. The molecular formula is C17H16Cl2N2O4. The highest BCUT2D eigenvalue weighted by molar-refractivity contribution is 6.35. The lowest BCUT2D eigenvalue weighted by Crippen LogP contribution is -2.10. The van der Waals surface area contributed by atoms with Gasteiger partial charge in [0.2, 0.25) is 0 Å². The maximum Gasteiger partial charge on any atom is 0.341 e. The van der Waals surface area contributed by atoms with Crippen molar-refractivity contribution < 1.29 is 19.4 Å². The predicted octanol–water partition coefficient (Wildman–Crippen LogP) is 3.59. The first kappa shape index (κ1) is 18.9. The number of carboxylic acids is 1. The molecule has 0 aliphatic carbocycles. The smallest absolute Gasteiger partial charge is 0.341 e. The van der Waals surface area contributed by atoms with Crippen LogP contribution in [0, 0.1) is 0 Å². The van der Waals surface area contributed by atoms with Crippen LogP contribution < -0.4 is 14.9 Å². The van der Waals surface area contributed by atoms with Gasteiger partial charge in [0.05, 0.1) is 19.9 Å². The van der Waals surface area contributed by atoms with Crippen molar-refractivity contribution in [2.75, 3.05) is 13.7 Å². The number of hydrogen-bond donors (Lipinski definition) is 2. The van der Waals surface area contributed by atoms with E-state index >= 15 is 0 Å². The third-order valence-electron chi connectivity index (χ3n) is 3.16. The summed E-state index contributed by atoms with van der Waals surface area (Å²) in [6.07, 6.45) is 1.59. The Morgan fingerprint density at radius 2 is 1.96 bits per heavy atom. The first-order chi connectivity index (χ1) is 12.0. The number of hydrazone groups is 1. The standard InChI is InChI=1S/C17H16Cl2N2O4/c1-24-16-7-11(5-6-15(16)25-10-17(22)23)8-20-21-9-12-13(18)3-2-4-14(12)19/h2-8,21H,9-10H2,1H3,(H,22,23)/b20-8+. The average Bonchev–Trinajstić information content (AvgIpc) is 2.59. The summed E-state index contributed by atoms with van der Waals surface area (Å²) in [6, 6.07) is 10.3. The van der Waals surface area contributed by atoms with Gasteiger partial charge in [-0.25, -0.2) is 4.79 Å². The van der Waals surface area contributed by atoms with Crippen LogP contribution in [0.25, 0.3) is 0 Å². The van der Waals surface area contributed by atoms with Crippen LogP contribution in [-0.4, -0.2) is 31.0 Å². The molecule has 0 unspecified atom stereocenters. The summed E-state index contributed by atoms with van der Waals surface area (Å²) in [5, 5.41) is 13.9. The molecule has 0 amide bonds. The summed E-state index contributed by atoms with van der Waals surface area (Å²) in [7, 11) is 1.47. The Morgan fingerprint density at radius 1 is 1.24 bits per heavy atom. The van der Waals surface area contributed by atoms with E-state index in [0.717, 1.165) is 11.1 Å². The summed E-state index contributed by atoms with van der Waals surface area (Å²) in [5.74, 6) is -0.299. The molecule has 0 saturated carbocycles. The molecule has 0 spiro atoms. The minimum Gasteiger partial charge on any atom is -0.493 e. The van der Waals surface area contributed by atoms with Gasteiger partial charge in [0.1, 0.15) is 0 Å². The van der Waals surface area contributed by atoms with Gasteiger partial charge in [-0.15, -0.1) is 0 Å². The van der Waals surface area contributed by atoms with E-state index in [4.69, 9.17) is 37.8 Å². The van der Waals surface area contributed by atoms with Crippen LogP contribution in [0.4, 0.5) is 0 Å². The van der Waals surface area contributed by atoms with E-state index in [9.17, 15) is 4.79 Å². The molecule has 0 radical (unpaired) electrons. The summed E-state index contributed by atoms with van der Waals surface area (Å²) >= 11 is 12.2. The third-order valence-corrected chi connectivity index (χ3v) is 3.87. The minimum absolute atomic E-state index is 0.345. The van der Waals surface area contributed by atoms with Gasteiger partial charge in [-0.3, -0.25) is 0 Å². The van der Waals surface area contributed by atoms with Crippen LogP contribution >= 0.6 is 23.2 Å². The molecule has 8 heteroatoms. The number of benzene rings is 2. The van der Waals surface area contributed by atoms with Crippen molar-refractivity contribution in [3.05, 3.63) is 57.6 Å². The maximum absolute atomic E-state index is 10.6. The van der Waals surface area contributed by atoms with Gasteiger partial charge in [-0.05, 0) is 35.9 Å². The molecule has 2 N–H and O–H groups in total. The number of rotatable bonds is 8. The fraction of sp³-hybridized carbons (Fsp3) is 0.176. The van der Waals surface area contributed by atoms with Gasteiger partial charge < -0.3 is 20.0 Å². The summed E-state index contributed by atoms with van der Waals surface area (Å²) in [6.45, 7) is -0.0596. The normalized spacial score (nSPS) is 10.7. The van der Waals surface area contributed by atoms with Gasteiger partial charge in [0.25, 0.3) is 0 Å². The van der Waals surface area contributed by atoms with Crippen LogP contribution in [0.3, 0.4) is 0 Å². The zero-order chi connectivity index (χ0) is 18.2. The fourth-order valence-corrected chi connectivity index (χ4v) is 2.50. The van der Waals surface area contributed by atoms with Crippen molar-refractivity contribution >= 4 is 35.4 Å². The van der Waals surface area contributed by atoms with Gasteiger partial charge in [0.15, 0.2) is 18.1 Å². The van der Waals surface area contributed by atoms with Crippen LogP contribution in [0.2, 0.25) is 10.0 Å². The van der Waals surface area contributed by atoms with Gasteiger partial charge in [-0.2, -0.15) is 5.10 Å². The van der Waals surface area contributed by atoms with Gasteiger partial charge in [-0.1, -0.05) is 29.3 Å². The third kappa shape index (κ3) is 5.55. The number of hydrogen-bond acceptors (Lipinski definition) is 5. The topological polar surface area (TPSA) is 80.1 Å². The molecule has 0 aromatic heterocycles. The molecule has 0 bridgehead atoms. The lowest BCUT2D eigenvalue weighted by molar-refractivity contribution is -0.139. The zero-order valence-corrected chi connectivity index (χ0v) is 14.8. The fourth-order valence-electron chi connectivity index (χ4n) is 1.97. The van der Waals surface area contributed by atoms with Crippen molar-refractivity contribution in [2.45, 2.75) is 6.54 Å². The van der Waals surface area contributed by atoms with Crippen LogP contribution in [0.5, 0.6) is 11.5 Å². The number of nitrogens with zero attached hydrogens (tertiary/aromatic N) is 1. The monoisotopic (exact) mass is 382 g/mol. The van der Waals surface area contributed by atoms with Crippen molar-refractivity contribution in [1.82, 2.24) is 5.43 Å². The Hall–Kier alpha value is -2.44. The second-order valence-corrected chi connectivity index (χ2v) is 5.70. The number of nitrogens with one attached hydrogen (secondary N) is 1. The molecular weight excluding hydrogens is 367 g/mol. The molecule has 2 aromatic rings. The lowest BCUT2D eigenvalue weighted by Gasteiger charge is -2.09. The van der Waals surface area contributed by atoms with Crippen molar-refractivity contribution in [3.63, 3.8) is 0 Å². The number of carbonyl (C=O) groups is 1. The molecule has 0 heterocycles. The van der Waals surface area contributed by atoms with E-state index in [1.165, 1.54) is 7.11 Å². The van der Waals surface area contributed by atoms with E-state index in [2.05, 4.69) is 10.5 Å². The zero-order valence-electron chi connectivity index (χ0n) is 13.3. The largest absolute Gasteiger partial charge is 0.493 e. The number of carboxylic acid groups (broad SMARTS) is 1. The molecule has 0 saturated heterocycles. The molecule has 0 aliphatic rings. The SMILES string of the molecule is COc1cc(/C=N/NCc2c(Cl)cccc2Cl)ccc1OCC(=O)O. The van der Waals surface area contributed by atoms with E-state index in [1.54, 1.807) is 42.6 Å². The Balaban J connectivity index is 2.00. The Kier molecular flexibility index (Phi) is 6.91. The highest BCUT2D eigenvalue weighted by Crippen LogP contribution is 2.27. The minimum atomic E-state index is -1.06. The van der Waals surface area contributed by atoms with E-state index in [-0.39, 0.29) is 0 Å². The molecule has 0 fully saturated rings. The molecule has 25 heavy (non-hydrogen) atoms. The molecule has 2 aromatic carbocycles. The number of halogens is 2. The number of aliphatic carboxylic acids is 1. The predicted molar refractivity (Wildman–Crippen MR) is 97.0 cm³/mol. The Bertz CT molecular complexity index is 761. The summed E-state index contributed by atoms with van der Waals surface area (Å²) < 4.78 is 10.3. The van der Waals surface area contributed by atoms with Crippen LogP contribution in [-0.2, 0) is 11.3 Å². The van der Waals surface area contributed by atoms with Crippen LogP contribution in [0.1, 0.15) is 11.1 Å². The van der Waals surface area contributed by atoms with Crippen molar-refractivity contribution in [2.24, 2.45) is 5.10 Å². The first-order valence-corrected chi connectivity index (χ1v) is 7.98. The summed E-state index contributed by atoms with van der Waals surface area (Å²) in [5.41, 5.74) is 4.38. The maximum atomic E-state index is 10.6. The van der Waals surface area contributed by atoms with Crippen molar-refractivity contribution in [3.8, 4) is 11.5 Å². The highest BCUT2D eigenvalue weighted by atomic mass is 35.5. The number of methoxy groups -OCH3 is 1. The summed E-state index contributed by atoms with van der Waals surface area (Å²) in [4.78, 5) is 10.6. The second-order valence-electron chi connectivity index (χ2n) is 4.89. The highest BCUT2D eigenvalue weighted by Gasteiger charge is 2.07. The molecule has 2 rings (SSSR count). The first-order valence-electron chi connectivity index (χ1n) is 7.22. The lowest BCUT2D eigenvalue weighted by atomic mass is 10.2.